The number of H-pyrrole nitrogens is 1. The van der Waals surface area contributed by atoms with E-state index in [1.165, 1.54) is 12.1 Å². The molecule has 0 aliphatic carbocycles. The van der Waals surface area contributed by atoms with E-state index in [1.54, 1.807) is 24.1 Å². The minimum atomic E-state index is -1.24. The van der Waals surface area contributed by atoms with Crippen LogP contribution in [0.2, 0.25) is 0 Å². The smallest absolute Gasteiger partial charge is 0.337 e. The van der Waals surface area contributed by atoms with Crippen LogP contribution in [-0.4, -0.2) is 30.4 Å². The summed E-state index contributed by atoms with van der Waals surface area (Å²) in [5.74, 6) is -1.24. The molecule has 0 radical (unpaired) electrons. The number of hydrogen-bond acceptors (Lipinski definition) is 5. The molecule has 0 aliphatic rings. The lowest BCUT2D eigenvalue weighted by Crippen LogP contribution is -2.35. The molecule has 8 nitrogen and oxygen atoms in total. The second kappa shape index (κ2) is 5.43. The summed E-state index contributed by atoms with van der Waals surface area (Å²) in [6.45, 7) is 0.0388. The first-order chi connectivity index (χ1) is 10.9. The molecular weight excluding hydrogens is 320 g/mol. The maximum absolute atomic E-state index is 12.6. The van der Waals surface area contributed by atoms with Crippen molar-refractivity contribution >= 4 is 29.5 Å². The third-order valence-corrected chi connectivity index (χ3v) is 3.66. The number of aromatic carboxylic acids is 1. The zero-order chi connectivity index (χ0) is 16.7. The Labute approximate surface area is 134 Å². The van der Waals surface area contributed by atoms with E-state index in [2.05, 4.69) is 22.7 Å². The molecule has 2 aromatic heterocycles. The normalized spacial score (nSPS) is 11.0. The minimum Gasteiger partial charge on any atom is -0.478 e. The predicted molar refractivity (Wildman–Crippen MR) is 85.4 cm³/mol. The number of thiol groups is 1. The van der Waals surface area contributed by atoms with Crippen molar-refractivity contribution in [2.45, 2.75) is 11.4 Å². The van der Waals surface area contributed by atoms with Crippen LogP contribution in [0.1, 0.15) is 15.9 Å². The largest absolute Gasteiger partial charge is 0.478 e. The highest BCUT2D eigenvalue weighted by molar-refractivity contribution is 7.80. The van der Waals surface area contributed by atoms with Gasteiger partial charge in [-0.2, -0.15) is 5.10 Å². The molecule has 2 heterocycles. The van der Waals surface area contributed by atoms with Gasteiger partial charge in [0, 0.05) is 23.7 Å². The van der Waals surface area contributed by atoms with Gasteiger partial charge < -0.3 is 10.1 Å². The van der Waals surface area contributed by atoms with E-state index >= 15 is 0 Å². The Morgan fingerprint density at radius 1 is 1.39 bits per heavy atom. The van der Waals surface area contributed by atoms with Crippen LogP contribution in [0.3, 0.4) is 0 Å². The highest BCUT2D eigenvalue weighted by Gasteiger charge is 2.16. The molecule has 0 bridgehead atoms. The number of hydrogen-bond donors (Lipinski definition) is 3. The number of carboxylic acids is 1. The average molecular weight is 332 g/mol. The van der Waals surface area contributed by atoms with Crippen LogP contribution in [0, 0.1) is 0 Å². The second-order valence-corrected chi connectivity index (χ2v) is 5.58. The van der Waals surface area contributed by atoms with Crippen molar-refractivity contribution in [3.8, 4) is 0 Å². The van der Waals surface area contributed by atoms with Crippen LogP contribution in [0.4, 0.5) is 0 Å². The van der Waals surface area contributed by atoms with Crippen molar-refractivity contribution in [2.24, 2.45) is 7.05 Å². The summed E-state index contributed by atoms with van der Waals surface area (Å²) in [5.41, 5.74) is -0.755. The molecule has 0 saturated carbocycles. The van der Waals surface area contributed by atoms with Gasteiger partial charge in [0.05, 0.1) is 29.2 Å². The highest BCUT2D eigenvalue weighted by Crippen LogP contribution is 2.18. The summed E-state index contributed by atoms with van der Waals surface area (Å²) in [4.78, 5) is 38.9. The Bertz CT molecular complexity index is 1050. The molecule has 0 spiro atoms. The van der Waals surface area contributed by atoms with Gasteiger partial charge in [-0.25, -0.2) is 9.59 Å². The molecule has 3 aromatic rings. The van der Waals surface area contributed by atoms with Gasteiger partial charge in [-0.1, -0.05) is 0 Å². The van der Waals surface area contributed by atoms with Gasteiger partial charge in [-0.05, 0) is 12.1 Å². The lowest BCUT2D eigenvalue weighted by atomic mass is 10.1. The molecule has 1 aromatic carbocycles. The quantitative estimate of drug-likeness (QED) is 0.604. The number of nitrogens with zero attached hydrogens (tertiary/aromatic N) is 3. The molecule has 0 unspecified atom stereocenters. The van der Waals surface area contributed by atoms with Crippen LogP contribution < -0.4 is 11.2 Å². The number of nitrogens with one attached hydrogen (secondary N) is 1. The van der Waals surface area contributed by atoms with E-state index < -0.39 is 17.2 Å². The minimum absolute atomic E-state index is 0.00673. The number of carbonyl (C=O) groups is 1. The van der Waals surface area contributed by atoms with Crippen LogP contribution in [0.5, 0.6) is 0 Å². The zero-order valence-electron chi connectivity index (χ0n) is 12.0. The Morgan fingerprint density at radius 3 is 2.74 bits per heavy atom. The van der Waals surface area contributed by atoms with Gasteiger partial charge in [0.25, 0.3) is 5.56 Å². The summed E-state index contributed by atoms with van der Waals surface area (Å²) in [6, 6.07) is 2.72. The molecule has 0 aliphatic heterocycles. The Kier molecular flexibility index (Phi) is 3.57. The second-order valence-electron chi connectivity index (χ2n) is 5.06. The van der Waals surface area contributed by atoms with Crippen LogP contribution in [0.15, 0.2) is 39.0 Å². The topological polar surface area (TPSA) is 110 Å². The monoisotopic (exact) mass is 332 g/mol. The number of fused-ring (bicyclic) bond motifs is 1. The number of rotatable bonds is 3. The third kappa shape index (κ3) is 2.66. The third-order valence-electron chi connectivity index (χ3n) is 3.41. The van der Waals surface area contributed by atoms with Crippen molar-refractivity contribution in [2.75, 3.05) is 0 Å². The number of carboxylic acid groups (broad SMARTS) is 1. The first kappa shape index (κ1) is 15.1. The molecule has 23 heavy (non-hydrogen) atoms. The lowest BCUT2D eigenvalue weighted by molar-refractivity contribution is 0.0698. The van der Waals surface area contributed by atoms with Crippen LogP contribution in [0.25, 0.3) is 10.9 Å². The van der Waals surface area contributed by atoms with E-state index in [9.17, 15) is 19.5 Å². The van der Waals surface area contributed by atoms with Gasteiger partial charge in [-0.3, -0.25) is 14.0 Å². The van der Waals surface area contributed by atoms with Crippen LogP contribution in [-0.2, 0) is 13.6 Å². The molecule has 3 rings (SSSR count). The van der Waals surface area contributed by atoms with Gasteiger partial charge in [-0.15, -0.1) is 12.6 Å². The van der Waals surface area contributed by atoms with Crippen molar-refractivity contribution in [1.82, 2.24) is 19.3 Å². The Morgan fingerprint density at radius 2 is 2.13 bits per heavy atom. The van der Waals surface area contributed by atoms with E-state index in [4.69, 9.17) is 0 Å². The summed E-state index contributed by atoms with van der Waals surface area (Å²) in [6.07, 6.45) is 3.24. The predicted octanol–water partition coefficient (Wildman–Crippen LogP) is 0.458. The maximum Gasteiger partial charge on any atom is 0.337 e. The number of aromatic amines is 1. The van der Waals surface area contributed by atoms with E-state index in [-0.39, 0.29) is 23.0 Å². The van der Waals surface area contributed by atoms with E-state index in [1.807, 2.05) is 0 Å². The molecule has 0 fully saturated rings. The van der Waals surface area contributed by atoms with E-state index in [0.29, 0.717) is 10.5 Å². The number of benzene rings is 1. The van der Waals surface area contributed by atoms with Crippen LogP contribution >= 0.6 is 12.6 Å². The van der Waals surface area contributed by atoms with Gasteiger partial charge in [0.1, 0.15) is 0 Å². The number of aromatic nitrogens is 4. The summed E-state index contributed by atoms with van der Waals surface area (Å²) >= 11 is 4.12. The molecule has 118 valence electrons. The van der Waals surface area contributed by atoms with Crippen molar-refractivity contribution in [1.29, 1.82) is 0 Å². The fourth-order valence-corrected chi connectivity index (χ4v) is 2.65. The fourth-order valence-electron chi connectivity index (χ4n) is 2.39. The highest BCUT2D eigenvalue weighted by atomic mass is 32.1. The molecule has 9 heteroatoms. The standard InChI is InChI=1S/C14H12N4O4S/c1-17-5-7(4-15-17)6-18-12(19)9-2-8(23)3-10(13(20)21)11(9)16-14(18)22/h2-5,23H,6H2,1H3,(H,16,22)(H,20,21). The van der Waals surface area contributed by atoms with Gasteiger partial charge in [0.2, 0.25) is 0 Å². The molecule has 0 amide bonds. The van der Waals surface area contributed by atoms with Crippen molar-refractivity contribution in [3.05, 3.63) is 56.5 Å². The SMILES string of the molecule is Cn1cc(Cn2c(=O)[nH]c3c(C(=O)O)cc(S)cc3c2=O)cn1. The lowest BCUT2D eigenvalue weighted by Gasteiger charge is -2.08. The number of aryl methyl sites for hydroxylation is 1. The first-order valence-corrected chi connectivity index (χ1v) is 7.02. The summed E-state index contributed by atoms with van der Waals surface area (Å²) in [5, 5.41) is 13.3. The Balaban J connectivity index is 2.27. The maximum atomic E-state index is 12.6. The van der Waals surface area contributed by atoms with Gasteiger partial charge >= 0.3 is 11.7 Å². The van der Waals surface area contributed by atoms with Gasteiger partial charge in [0.15, 0.2) is 0 Å². The summed E-state index contributed by atoms with van der Waals surface area (Å²) in [7, 11) is 1.73. The van der Waals surface area contributed by atoms with Crippen molar-refractivity contribution in [3.63, 3.8) is 0 Å². The van der Waals surface area contributed by atoms with Crippen molar-refractivity contribution < 1.29 is 9.90 Å². The summed E-state index contributed by atoms with van der Waals surface area (Å²) < 4.78 is 2.56. The Hall–Kier alpha value is -2.81. The molecular formula is C14H12N4O4S. The molecule has 2 N–H and O–H groups in total. The zero-order valence-corrected chi connectivity index (χ0v) is 12.9. The van der Waals surface area contributed by atoms with E-state index in [0.717, 1.165) is 4.57 Å². The molecule has 0 saturated heterocycles. The average Bonchev–Trinajstić information content (AvgIpc) is 2.89. The fraction of sp³-hybridized carbons (Fsp3) is 0.143. The first-order valence-electron chi connectivity index (χ1n) is 6.57. The molecule has 0 atom stereocenters.